The topological polar surface area (TPSA) is 68.3 Å². The smallest absolute Gasteiger partial charge is 0.213 e. The molecular formula is C18H28BrNO6. The van der Waals surface area contributed by atoms with Crippen LogP contribution in [0.3, 0.4) is 0 Å². The molecule has 2 heterocycles. The summed E-state index contributed by atoms with van der Waals surface area (Å²) in [7, 11) is 0. The minimum atomic E-state index is -0.00476. The second-order valence-electron chi connectivity index (χ2n) is 5.67. The second kappa shape index (κ2) is 14.3. The van der Waals surface area contributed by atoms with Gasteiger partial charge in [-0.1, -0.05) is 0 Å². The van der Waals surface area contributed by atoms with Crippen LogP contribution in [0.2, 0.25) is 0 Å². The van der Waals surface area contributed by atoms with Gasteiger partial charge in [0.25, 0.3) is 0 Å². The molecular weight excluding hydrogens is 406 g/mol. The molecule has 0 spiro atoms. The van der Waals surface area contributed by atoms with E-state index in [0.717, 1.165) is 43.6 Å². The summed E-state index contributed by atoms with van der Waals surface area (Å²) in [4.78, 5) is 4.12. The number of unbranched alkanes of at least 4 members (excludes halogenated alkanes) is 1. The van der Waals surface area contributed by atoms with Crippen molar-refractivity contribution in [3.05, 3.63) is 22.8 Å². The number of hydrogen-bond acceptors (Lipinski definition) is 7. The van der Waals surface area contributed by atoms with Gasteiger partial charge >= 0.3 is 0 Å². The molecule has 1 aliphatic rings. The van der Waals surface area contributed by atoms with Crippen molar-refractivity contribution in [1.29, 1.82) is 0 Å². The van der Waals surface area contributed by atoms with Crippen LogP contribution >= 0.6 is 15.9 Å². The molecule has 0 saturated carbocycles. The third-order valence-electron chi connectivity index (χ3n) is 3.59. The Morgan fingerprint density at radius 1 is 0.885 bits per heavy atom. The van der Waals surface area contributed by atoms with E-state index >= 15 is 0 Å². The fraction of sp³-hybridized carbons (Fsp3) is 0.722. The van der Waals surface area contributed by atoms with E-state index in [1.807, 2.05) is 12.1 Å². The molecule has 0 atom stereocenters. The van der Waals surface area contributed by atoms with Crippen LogP contribution in [0, 0.1) is 0 Å². The highest BCUT2D eigenvalue weighted by atomic mass is 79.9. The van der Waals surface area contributed by atoms with E-state index in [9.17, 15) is 0 Å². The molecule has 7 nitrogen and oxygen atoms in total. The minimum absolute atomic E-state index is 0.00476. The van der Waals surface area contributed by atoms with Crippen LogP contribution in [0.15, 0.2) is 22.8 Å². The molecule has 1 aliphatic heterocycles. The number of nitrogens with zero attached hydrogens (tertiary/aromatic N) is 1. The average Bonchev–Trinajstić information content (AvgIpc) is 3.17. The summed E-state index contributed by atoms with van der Waals surface area (Å²) in [5.41, 5.74) is 0. The van der Waals surface area contributed by atoms with Crippen molar-refractivity contribution in [3.8, 4) is 5.88 Å². The lowest BCUT2D eigenvalue weighted by Crippen LogP contribution is -2.13. The Bertz CT molecular complexity index is 455. The highest BCUT2D eigenvalue weighted by Gasteiger charge is 2.14. The van der Waals surface area contributed by atoms with Crippen LogP contribution in [0.25, 0.3) is 0 Å². The van der Waals surface area contributed by atoms with Gasteiger partial charge in [-0.25, -0.2) is 4.98 Å². The van der Waals surface area contributed by atoms with Crippen molar-refractivity contribution < 1.29 is 28.4 Å². The van der Waals surface area contributed by atoms with E-state index in [1.54, 1.807) is 6.20 Å². The number of rotatable bonds is 15. The maximum Gasteiger partial charge on any atom is 0.213 e. The molecule has 0 amide bonds. The number of halogens is 1. The SMILES string of the molecule is Brc1ccc(OCCOCCOCCOCCCCC2OCCO2)nc1. The number of ether oxygens (including phenoxy) is 6. The first kappa shape index (κ1) is 21.5. The van der Waals surface area contributed by atoms with Crippen LogP contribution in [-0.4, -0.2) is 70.7 Å². The van der Waals surface area contributed by atoms with Gasteiger partial charge in [0.1, 0.15) is 6.61 Å². The number of aromatic nitrogens is 1. The maximum atomic E-state index is 5.52. The highest BCUT2D eigenvalue weighted by Crippen LogP contribution is 2.12. The average molecular weight is 434 g/mol. The zero-order chi connectivity index (χ0) is 18.3. The summed E-state index contributed by atoms with van der Waals surface area (Å²) in [5.74, 6) is 0.591. The first-order valence-electron chi connectivity index (χ1n) is 9.05. The van der Waals surface area contributed by atoms with Crippen molar-refractivity contribution in [2.75, 3.05) is 59.5 Å². The molecule has 8 heteroatoms. The molecule has 1 aromatic rings. The van der Waals surface area contributed by atoms with Crippen LogP contribution in [0.5, 0.6) is 5.88 Å². The third kappa shape index (κ3) is 10.4. The Balaban J connectivity index is 1.26. The van der Waals surface area contributed by atoms with E-state index in [-0.39, 0.29) is 6.29 Å². The van der Waals surface area contributed by atoms with Crippen LogP contribution in [-0.2, 0) is 23.7 Å². The van der Waals surface area contributed by atoms with Crippen molar-refractivity contribution in [2.24, 2.45) is 0 Å². The van der Waals surface area contributed by atoms with E-state index in [0.29, 0.717) is 45.5 Å². The van der Waals surface area contributed by atoms with Gasteiger partial charge in [-0.05, 0) is 41.3 Å². The monoisotopic (exact) mass is 433 g/mol. The standard InChI is InChI=1S/C18H28BrNO6/c19-16-4-5-17(20-15-16)24-12-11-23-10-9-22-8-7-21-6-2-1-3-18-25-13-14-26-18/h4-5,15,18H,1-3,6-14H2. The molecule has 148 valence electrons. The fourth-order valence-corrected chi connectivity index (χ4v) is 2.52. The molecule has 1 fully saturated rings. The second-order valence-corrected chi connectivity index (χ2v) is 6.58. The Kier molecular flexibility index (Phi) is 11.8. The van der Waals surface area contributed by atoms with Crippen LogP contribution in [0.1, 0.15) is 19.3 Å². The first-order valence-corrected chi connectivity index (χ1v) is 9.84. The van der Waals surface area contributed by atoms with Gasteiger partial charge in [0.15, 0.2) is 6.29 Å². The summed E-state index contributed by atoms with van der Waals surface area (Å²) < 4.78 is 33.5. The molecule has 1 aromatic heterocycles. The number of hydrogen-bond donors (Lipinski definition) is 0. The van der Waals surface area contributed by atoms with E-state index in [1.165, 1.54) is 0 Å². The predicted octanol–water partition coefficient (Wildman–Crippen LogP) is 2.82. The Hall–Kier alpha value is -0.770. The van der Waals surface area contributed by atoms with Crippen LogP contribution in [0.4, 0.5) is 0 Å². The summed E-state index contributed by atoms with van der Waals surface area (Å²) in [6.07, 6.45) is 4.70. The molecule has 0 aromatic carbocycles. The lowest BCUT2D eigenvalue weighted by molar-refractivity contribution is -0.0492. The molecule has 0 aliphatic carbocycles. The Morgan fingerprint density at radius 3 is 2.19 bits per heavy atom. The van der Waals surface area contributed by atoms with Crippen molar-refractivity contribution >= 4 is 15.9 Å². The van der Waals surface area contributed by atoms with E-state index < -0.39 is 0 Å². The fourth-order valence-electron chi connectivity index (χ4n) is 2.28. The summed E-state index contributed by atoms with van der Waals surface area (Å²) >= 11 is 3.33. The zero-order valence-electron chi connectivity index (χ0n) is 15.1. The van der Waals surface area contributed by atoms with Crippen LogP contribution < -0.4 is 4.74 Å². The van der Waals surface area contributed by atoms with Gasteiger partial charge in [-0.3, -0.25) is 0 Å². The molecule has 0 radical (unpaired) electrons. The summed E-state index contributed by atoms with van der Waals surface area (Å²) in [6, 6.07) is 3.70. The zero-order valence-corrected chi connectivity index (χ0v) is 16.7. The molecule has 0 unspecified atom stereocenters. The first-order chi connectivity index (χ1) is 12.8. The molecule has 1 saturated heterocycles. The van der Waals surface area contributed by atoms with Gasteiger partial charge in [-0.15, -0.1) is 0 Å². The van der Waals surface area contributed by atoms with Gasteiger partial charge in [0, 0.05) is 23.3 Å². The maximum absolute atomic E-state index is 5.52. The van der Waals surface area contributed by atoms with Crippen molar-refractivity contribution in [1.82, 2.24) is 4.98 Å². The molecule has 0 N–H and O–H groups in total. The largest absolute Gasteiger partial charge is 0.475 e. The highest BCUT2D eigenvalue weighted by molar-refractivity contribution is 9.10. The van der Waals surface area contributed by atoms with Gasteiger partial charge in [0.2, 0.25) is 5.88 Å². The van der Waals surface area contributed by atoms with E-state index in [4.69, 9.17) is 28.4 Å². The predicted molar refractivity (Wildman–Crippen MR) is 99.4 cm³/mol. The van der Waals surface area contributed by atoms with Crippen molar-refractivity contribution in [2.45, 2.75) is 25.6 Å². The molecule has 2 rings (SSSR count). The molecule has 26 heavy (non-hydrogen) atoms. The molecule has 0 bridgehead atoms. The number of pyridine rings is 1. The third-order valence-corrected chi connectivity index (χ3v) is 4.06. The normalized spacial score (nSPS) is 14.8. The lowest BCUT2D eigenvalue weighted by atomic mass is 10.2. The Morgan fingerprint density at radius 2 is 1.54 bits per heavy atom. The Labute approximate surface area is 163 Å². The summed E-state index contributed by atoms with van der Waals surface area (Å²) in [6.45, 7) is 5.44. The van der Waals surface area contributed by atoms with Gasteiger partial charge < -0.3 is 28.4 Å². The van der Waals surface area contributed by atoms with E-state index in [2.05, 4.69) is 20.9 Å². The summed E-state index contributed by atoms with van der Waals surface area (Å²) in [5, 5.41) is 0. The van der Waals surface area contributed by atoms with Gasteiger partial charge in [-0.2, -0.15) is 0 Å². The minimum Gasteiger partial charge on any atom is -0.475 e. The van der Waals surface area contributed by atoms with Crippen molar-refractivity contribution in [3.63, 3.8) is 0 Å². The quantitative estimate of drug-likeness (QED) is 0.393. The van der Waals surface area contributed by atoms with Gasteiger partial charge in [0.05, 0.1) is 46.2 Å². The lowest BCUT2D eigenvalue weighted by Gasteiger charge is -2.09.